The summed E-state index contributed by atoms with van der Waals surface area (Å²) in [5.74, 6) is 2.31. The van der Waals surface area contributed by atoms with Gasteiger partial charge in [0, 0.05) is 28.1 Å². The van der Waals surface area contributed by atoms with E-state index in [1.165, 1.54) is 0 Å². The largest absolute Gasteiger partial charge is 0.497 e. The minimum atomic E-state index is -0.448. The molecule has 0 bridgehead atoms. The van der Waals surface area contributed by atoms with Crippen molar-refractivity contribution < 1.29 is 14.2 Å². The van der Waals surface area contributed by atoms with E-state index in [0.717, 1.165) is 46.1 Å². The molecule has 0 radical (unpaired) electrons. The summed E-state index contributed by atoms with van der Waals surface area (Å²) >= 11 is 6.57. The molecule has 6 heteroatoms. The molecule has 158 valence electrons. The summed E-state index contributed by atoms with van der Waals surface area (Å²) < 4.78 is 17.8. The molecule has 31 heavy (non-hydrogen) atoms. The van der Waals surface area contributed by atoms with Crippen molar-refractivity contribution in [3.05, 3.63) is 88.4 Å². The second kappa shape index (κ2) is 8.16. The molecule has 0 saturated carbocycles. The van der Waals surface area contributed by atoms with E-state index in [-0.39, 0.29) is 6.04 Å². The third-order valence-electron chi connectivity index (χ3n) is 5.65. The second-order valence-corrected chi connectivity index (χ2v) is 7.89. The average Bonchev–Trinajstić information content (AvgIpc) is 3.25. The summed E-state index contributed by atoms with van der Waals surface area (Å²) in [6, 6.07) is 21.8. The molecule has 2 atom stereocenters. The van der Waals surface area contributed by atoms with E-state index in [9.17, 15) is 0 Å². The van der Waals surface area contributed by atoms with Gasteiger partial charge in [0.15, 0.2) is 11.5 Å². The van der Waals surface area contributed by atoms with E-state index < -0.39 is 6.23 Å². The van der Waals surface area contributed by atoms with Gasteiger partial charge < -0.3 is 14.2 Å². The molecule has 3 aromatic carbocycles. The monoisotopic (exact) mass is 434 g/mol. The van der Waals surface area contributed by atoms with Crippen LogP contribution in [0.25, 0.3) is 0 Å². The Labute approximate surface area is 186 Å². The van der Waals surface area contributed by atoms with Crippen LogP contribution in [0.2, 0.25) is 5.02 Å². The summed E-state index contributed by atoms with van der Waals surface area (Å²) in [5, 5.41) is 7.67. The first kappa shape index (κ1) is 19.8. The van der Waals surface area contributed by atoms with E-state index in [2.05, 4.69) is 12.1 Å². The van der Waals surface area contributed by atoms with Crippen LogP contribution in [-0.2, 0) is 0 Å². The van der Waals surface area contributed by atoms with Crippen LogP contribution >= 0.6 is 11.6 Å². The number of methoxy groups -OCH3 is 1. The molecular weight excluding hydrogens is 412 g/mol. The number of ether oxygens (including phenoxy) is 3. The number of fused-ring (bicyclic) bond motifs is 3. The fraction of sp³-hybridized carbons (Fsp3) is 0.240. The average molecular weight is 435 g/mol. The van der Waals surface area contributed by atoms with Gasteiger partial charge in [-0.15, -0.1) is 0 Å². The van der Waals surface area contributed by atoms with Crippen molar-refractivity contribution in [2.75, 3.05) is 13.7 Å². The third-order valence-corrected chi connectivity index (χ3v) is 6.00. The molecule has 0 amide bonds. The topological polar surface area (TPSA) is 43.3 Å². The molecule has 0 aliphatic carbocycles. The minimum absolute atomic E-state index is 0.0200. The van der Waals surface area contributed by atoms with Gasteiger partial charge in [0.2, 0.25) is 6.23 Å². The van der Waals surface area contributed by atoms with Crippen molar-refractivity contribution in [3.8, 4) is 17.2 Å². The lowest BCUT2D eigenvalue weighted by Crippen LogP contribution is -2.34. The minimum Gasteiger partial charge on any atom is -0.497 e. The number of nitrogens with zero attached hydrogens (tertiary/aromatic N) is 2. The van der Waals surface area contributed by atoms with Gasteiger partial charge in [-0.3, -0.25) is 0 Å². The number of hydrogen-bond acceptors (Lipinski definition) is 5. The van der Waals surface area contributed by atoms with E-state index in [0.29, 0.717) is 11.6 Å². The van der Waals surface area contributed by atoms with E-state index in [4.69, 9.17) is 30.9 Å². The summed E-state index contributed by atoms with van der Waals surface area (Å²) in [7, 11) is 1.67. The first-order valence-electron chi connectivity index (χ1n) is 10.4. The highest BCUT2D eigenvalue weighted by atomic mass is 35.5. The van der Waals surface area contributed by atoms with Crippen LogP contribution in [0.15, 0.2) is 71.8 Å². The van der Waals surface area contributed by atoms with Crippen molar-refractivity contribution >= 4 is 17.3 Å². The SMILES string of the molecule is CCOc1cccc2c1O[C@@H](c1ccccc1Cl)N1N=C(c3cccc(OC)c3)C[C@H]21. The van der Waals surface area contributed by atoms with E-state index in [1.807, 2.05) is 66.5 Å². The van der Waals surface area contributed by atoms with Crippen molar-refractivity contribution in [1.82, 2.24) is 5.01 Å². The summed E-state index contributed by atoms with van der Waals surface area (Å²) in [4.78, 5) is 0. The van der Waals surface area contributed by atoms with Crippen molar-refractivity contribution in [1.29, 1.82) is 0 Å². The van der Waals surface area contributed by atoms with Crippen LogP contribution in [0.1, 0.15) is 42.3 Å². The smallest absolute Gasteiger partial charge is 0.215 e. The standard InChI is InChI=1S/C25H23ClN2O3/c1-3-30-23-13-7-11-19-22-15-21(16-8-6-9-17(14-16)29-2)27-28(22)25(31-24(19)23)18-10-4-5-12-20(18)26/h4-14,22,25H,3,15H2,1-2H3/t22-,25+/m1/s1. The molecule has 2 aliphatic heterocycles. The Kier molecular flexibility index (Phi) is 5.20. The lowest BCUT2D eigenvalue weighted by atomic mass is 9.95. The molecule has 3 aromatic rings. The molecule has 5 nitrogen and oxygen atoms in total. The molecule has 0 spiro atoms. The Morgan fingerprint density at radius 3 is 2.68 bits per heavy atom. The molecular formula is C25H23ClN2O3. The zero-order valence-electron chi connectivity index (χ0n) is 17.4. The highest BCUT2D eigenvalue weighted by Crippen LogP contribution is 2.51. The normalized spacial score (nSPS) is 19.2. The van der Waals surface area contributed by atoms with Crippen molar-refractivity contribution in [2.45, 2.75) is 25.6 Å². The second-order valence-electron chi connectivity index (χ2n) is 7.48. The lowest BCUT2D eigenvalue weighted by molar-refractivity contribution is -0.0211. The van der Waals surface area contributed by atoms with E-state index in [1.54, 1.807) is 7.11 Å². The van der Waals surface area contributed by atoms with Gasteiger partial charge in [-0.25, -0.2) is 5.01 Å². The molecule has 0 N–H and O–H groups in total. The quantitative estimate of drug-likeness (QED) is 0.494. The maximum atomic E-state index is 6.57. The molecule has 2 heterocycles. The van der Waals surface area contributed by atoms with Crippen molar-refractivity contribution in [2.24, 2.45) is 5.10 Å². The third kappa shape index (κ3) is 3.49. The van der Waals surface area contributed by atoms with Gasteiger partial charge in [0.1, 0.15) is 5.75 Å². The van der Waals surface area contributed by atoms with Crippen LogP contribution < -0.4 is 14.2 Å². The van der Waals surface area contributed by atoms with Gasteiger partial charge in [0.25, 0.3) is 0 Å². The van der Waals surface area contributed by atoms with Crippen LogP contribution in [0.3, 0.4) is 0 Å². The Morgan fingerprint density at radius 1 is 1.06 bits per heavy atom. The molecule has 0 unspecified atom stereocenters. The van der Waals surface area contributed by atoms with Crippen LogP contribution in [0.4, 0.5) is 0 Å². The van der Waals surface area contributed by atoms with E-state index >= 15 is 0 Å². The molecule has 0 saturated heterocycles. The maximum absolute atomic E-state index is 6.57. The zero-order chi connectivity index (χ0) is 21.4. The Bertz CT molecular complexity index is 1150. The van der Waals surface area contributed by atoms with Gasteiger partial charge in [-0.1, -0.05) is 54.1 Å². The molecule has 5 rings (SSSR count). The number of halogens is 1. The van der Waals surface area contributed by atoms with Crippen LogP contribution in [-0.4, -0.2) is 24.4 Å². The Hall–Kier alpha value is -3.18. The predicted molar refractivity (Wildman–Crippen MR) is 121 cm³/mol. The molecule has 0 fully saturated rings. The fourth-order valence-corrected chi connectivity index (χ4v) is 4.44. The maximum Gasteiger partial charge on any atom is 0.215 e. The van der Waals surface area contributed by atoms with Gasteiger partial charge in [0.05, 0.1) is 25.5 Å². The fourth-order valence-electron chi connectivity index (χ4n) is 4.21. The summed E-state index contributed by atoms with van der Waals surface area (Å²) in [5.41, 5.74) is 3.96. The molecule has 2 aliphatic rings. The van der Waals surface area contributed by atoms with Gasteiger partial charge >= 0.3 is 0 Å². The number of hydrazone groups is 1. The van der Waals surface area contributed by atoms with Gasteiger partial charge in [-0.05, 0) is 31.2 Å². The summed E-state index contributed by atoms with van der Waals surface area (Å²) in [6.45, 7) is 2.54. The number of benzene rings is 3. The lowest BCUT2D eigenvalue weighted by Gasteiger charge is -2.39. The van der Waals surface area contributed by atoms with Crippen LogP contribution in [0.5, 0.6) is 17.2 Å². The number of para-hydroxylation sites is 1. The Balaban J connectivity index is 1.62. The highest BCUT2D eigenvalue weighted by molar-refractivity contribution is 6.31. The van der Waals surface area contributed by atoms with Crippen molar-refractivity contribution in [3.63, 3.8) is 0 Å². The number of hydrogen-bond donors (Lipinski definition) is 0. The highest BCUT2D eigenvalue weighted by Gasteiger charge is 2.42. The zero-order valence-corrected chi connectivity index (χ0v) is 18.2. The van der Waals surface area contributed by atoms with Crippen LogP contribution in [0, 0.1) is 0 Å². The first-order chi connectivity index (χ1) is 15.2. The Morgan fingerprint density at radius 2 is 1.87 bits per heavy atom. The number of rotatable bonds is 5. The summed E-state index contributed by atoms with van der Waals surface area (Å²) in [6.07, 6.45) is 0.302. The molecule has 0 aromatic heterocycles. The van der Waals surface area contributed by atoms with Gasteiger partial charge in [-0.2, -0.15) is 5.10 Å². The first-order valence-corrected chi connectivity index (χ1v) is 10.7. The predicted octanol–water partition coefficient (Wildman–Crippen LogP) is 5.99.